The zero-order valence-electron chi connectivity index (χ0n) is 27.6. The maximum Gasteiger partial charge on any atom is 0.233 e. The first kappa shape index (κ1) is 34.4. The van der Waals surface area contributed by atoms with E-state index in [0.717, 1.165) is 103 Å². The smallest absolute Gasteiger partial charge is 0.233 e. The van der Waals surface area contributed by atoms with Crippen LogP contribution in [0.5, 0.6) is 0 Å². The van der Waals surface area contributed by atoms with Crippen LogP contribution in [0.25, 0.3) is 0 Å². The highest BCUT2D eigenvalue weighted by atomic mass is 19.1. The van der Waals surface area contributed by atoms with Crippen LogP contribution in [0.3, 0.4) is 0 Å². The van der Waals surface area contributed by atoms with Crippen molar-refractivity contribution in [1.29, 1.82) is 0 Å². The average molecular weight is 607 g/mol. The number of nitrogens with zero attached hydrogens (tertiary/aromatic N) is 4. The molecule has 7 unspecified atom stereocenters. The standard InChI is InChI=1S/C33H60FN7O2/c1-6-8-26-10-9-25(34)22-37-24(3)31(32(35)41(26,5)21-7-2)33(42)38-29-23-36-16-11-30(29)40-19-14-28(15-20-40)43-27-12-17-39(4)18-13-27/h10,22,24-25,27-32,36H,6-9,11-21,23,35H2,1-5H3/p+1/b26-10-,37-22?. The van der Waals surface area contributed by atoms with Crippen molar-refractivity contribution in [3.8, 4) is 0 Å². The Morgan fingerprint density at radius 2 is 1.81 bits per heavy atom. The first-order valence-corrected chi connectivity index (χ1v) is 17.2. The van der Waals surface area contributed by atoms with Gasteiger partial charge in [0.2, 0.25) is 5.91 Å². The number of amides is 1. The van der Waals surface area contributed by atoms with E-state index >= 15 is 0 Å². The summed E-state index contributed by atoms with van der Waals surface area (Å²) in [7, 11) is 4.32. The number of nitrogens with two attached hydrogens (primary N) is 1. The van der Waals surface area contributed by atoms with E-state index in [2.05, 4.69) is 53.4 Å². The molecule has 0 spiro atoms. The van der Waals surface area contributed by atoms with Gasteiger partial charge >= 0.3 is 0 Å². The number of carbonyl (C=O) groups is 1. The van der Waals surface area contributed by atoms with Gasteiger partial charge in [0, 0.05) is 57.8 Å². The minimum atomic E-state index is -1.17. The molecule has 0 aliphatic carbocycles. The van der Waals surface area contributed by atoms with Crippen LogP contribution in [0.15, 0.2) is 16.8 Å². The fourth-order valence-corrected chi connectivity index (χ4v) is 7.86. The molecule has 246 valence electrons. The Morgan fingerprint density at radius 1 is 1.14 bits per heavy atom. The molecule has 4 heterocycles. The molecule has 0 radical (unpaired) electrons. The highest BCUT2D eigenvalue weighted by Gasteiger charge is 2.46. The molecule has 7 atom stereocenters. The normalized spacial score (nSPS) is 37.5. The largest absolute Gasteiger partial charge is 0.375 e. The molecule has 0 aromatic carbocycles. The van der Waals surface area contributed by atoms with E-state index in [1.165, 1.54) is 6.21 Å². The third-order valence-electron chi connectivity index (χ3n) is 10.5. The third kappa shape index (κ3) is 8.85. The maximum absolute atomic E-state index is 14.8. The lowest BCUT2D eigenvalue weighted by molar-refractivity contribution is -0.902. The number of carbonyl (C=O) groups excluding carboxylic acids is 1. The molecule has 43 heavy (non-hydrogen) atoms. The van der Waals surface area contributed by atoms with Crippen LogP contribution >= 0.6 is 0 Å². The number of quaternary nitrogens is 1. The van der Waals surface area contributed by atoms with E-state index in [9.17, 15) is 9.18 Å². The van der Waals surface area contributed by atoms with E-state index in [4.69, 9.17) is 10.5 Å². The van der Waals surface area contributed by atoms with Crippen LogP contribution in [-0.2, 0) is 9.53 Å². The number of likely N-dealkylation sites (tertiary alicyclic amines) is 2. The highest BCUT2D eigenvalue weighted by Crippen LogP contribution is 2.31. The van der Waals surface area contributed by atoms with E-state index in [1.807, 2.05) is 13.0 Å². The lowest BCUT2D eigenvalue weighted by Crippen LogP contribution is -2.67. The van der Waals surface area contributed by atoms with Crippen molar-refractivity contribution in [2.45, 2.75) is 121 Å². The lowest BCUT2D eigenvalue weighted by atomic mass is 9.90. The summed E-state index contributed by atoms with van der Waals surface area (Å²) >= 11 is 0. The summed E-state index contributed by atoms with van der Waals surface area (Å²) in [5.41, 5.74) is 8.25. The number of piperidine rings is 3. The molecule has 0 aromatic rings. The van der Waals surface area contributed by atoms with Crippen molar-refractivity contribution in [3.63, 3.8) is 0 Å². The molecule has 3 fully saturated rings. The van der Waals surface area contributed by atoms with E-state index < -0.39 is 24.3 Å². The van der Waals surface area contributed by atoms with Crippen molar-refractivity contribution >= 4 is 12.1 Å². The van der Waals surface area contributed by atoms with Gasteiger partial charge in [-0.05, 0) is 71.5 Å². The van der Waals surface area contributed by atoms with Gasteiger partial charge in [0.25, 0.3) is 0 Å². The van der Waals surface area contributed by atoms with Gasteiger partial charge in [-0.3, -0.25) is 24.9 Å². The number of nitrogens with one attached hydrogen (secondary N) is 2. The third-order valence-corrected chi connectivity index (χ3v) is 10.5. The zero-order valence-corrected chi connectivity index (χ0v) is 27.6. The maximum atomic E-state index is 14.8. The number of halogens is 1. The summed E-state index contributed by atoms with van der Waals surface area (Å²) in [5, 5.41) is 6.96. The quantitative estimate of drug-likeness (QED) is 0.350. The molecule has 4 N–H and O–H groups in total. The summed E-state index contributed by atoms with van der Waals surface area (Å²) in [4.78, 5) is 23.8. The van der Waals surface area contributed by atoms with Crippen LogP contribution in [-0.4, -0.2) is 129 Å². The van der Waals surface area contributed by atoms with Crippen LogP contribution in [0.2, 0.25) is 0 Å². The Bertz CT molecular complexity index is 934. The Hall–Kier alpha value is -1.43. The fraction of sp³-hybridized carbons (Fsp3) is 0.879. The van der Waals surface area contributed by atoms with Gasteiger partial charge in [0.05, 0.1) is 37.9 Å². The number of allylic oxidation sites excluding steroid dienone is 2. The van der Waals surface area contributed by atoms with Crippen LogP contribution < -0.4 is 16.4 Å². The second kappa shape index (κ2) is 16.2. The summed E-state index contributed by atoms with van der Waals surface area (Å²) in [5.74, 6) is -0.641. The summed E-state index contributed by atoms with van der Waals surface area (Å²) < 4.78 is 21.8. The Morgan fingerprint density at radius 3 is 2.47 bits per heavy atom. The Balaban J connectivity index is 1.45. The molecule has 0 bridgehead atoms. The van der Waals surface area contributed by atoms with E-state index in [-0.39, 0.29) is 18.0 Å². The van der Waals surface area contributed by atoms with Crippen molar-refractivity contribution in [1.82, 2.24) is 20.4 Å². The van der Waals surface area contributed by atoms with E-state index in [1.54, 1.807) is 0 Å². The van der Waals surface area contributed by atoms with Gasteiger partial charge in [-0.2, -0.15) is 0 Å². The molecule has 4 aliphatic rings. The Labute approximate surface area is 260 Å². The Kier molecular flexibility index (Phi) is 13.0. The highest BCUT2D eigenvalue weighted by molar-refractivity contribution is 5.81. The predicted octanol–water partition coefficient (Wildman–Crippen LogP) is 3.05. The van der Waals surface area contributed by atoms with Crippen molar-refractivity contribution < 1.29 is 18.4 Å². The fourth-order valence-electron chi connectivity index (χ4n) is 7.86. The van der Waals surface area contributed by atoms with Gasteiger partial charge in [0.1, 0.15) is 17.8 Å². The number of rotatable bonds is 9. The second-order valence-corrected chi connectivity index (χ2v) is 13.8. The average Bonchev–Trinajstić information content (AvgIpc) is 2.99. The molecular formula is C33H61FN7O2+. The van der Waals surface area contributed by atoms with Crippen molar-refractivity contribution in [3.05, 3.63) is 11.8 Å². The number of hydrogen-bond donors (Lipinski definition) is 3. The van der Waals surface area contributed by atoms with Gasteiger partial charge in [0.15, 0.2) is 6.17 Å². The monoisotopic (exact) mass is 606 g/mol. The van der Waals surface area contributed by atoms with E-state index in [0.29, 0.717) is 23.1 Å². The SMILES string of the molecule is CCC/C1=C/CC(F)C=NC(C)C(C(=O)NC2CNCCC2N2CCC(OC3CCN(C)CC3)CC2)C(N)[N+]1(C)CCC. The molecule has 3 saturated heterocycles. The molecule has 0 aromatic heterocycles. The number of alkyl halides is 1. The first-order chi connectivity index (χ1) is 20.7. The number of aliphatic imine (C=N–C) groups is 1. The number of hydrogen-bond acceptors (Lipinski definition) is 7. The van der Waals surface area contributed by atoms with Gasteiger partial charge in [-0.15, -0.1) is 0 Å². The van der Waals surface area contributed by atoms with Crippen molar-refractivity contribution in [2.24, 2.45) is 16.6 Å². The molecular weight excluding hydrogens is 545 g/mol. The van der Waals surface area contributed by atoms with Crippen LogP contribution in [0.4, 0.5) is 4.39 Å². The van der Waals surface area contributed by atoms with Gasteiger partial charge < -0.3 is 20.3 Å². The molecule has 4 rings (SSSR count). The topological polar surface area (TPSA) is 95.2 Å². The summed E-state index contributed by atoms with van der Waals surface area (Å²) in [6.45, 7) is 12.9. The molecule has 9 nitrogen and oxygen atoms in total. The zero-order chi connectivity index (χ0) is 31.0. The molecule has 1 amide bonds. The summed E-state index contributed by atoms with van der Waals surface area (Å²) in [6.07, 6.45) is 10.8. The first-order valence-electron chi connectivity index (χ1n) is 17.2. The number of ether oxygens (including phenoxy) is 1. The van der Waals surface area contributed by atoms with Gasteiger partial charge in [-0.25, -0.2) is 4.39 Å². The van der Waals surface area contributed by atoms with Gasteiger partial charge in [-0.1, -0.05) is 13.8 Å². The van der Waals surface area contributed by atoms with Crippen molar-refractivity contribution in [2.75, 3.05) is 59.9 Å². The van der Waals surface area contributed by atoms with Crippen LogP contribution in [0, 0.1) is 5.92 Å². The summed E-state index contributed by atoms with van der Waals surface area (Å²) in [6, 6.07) is -0.173. The minimum absolute atomic E-state index is 0.0177. The second-order valence-electron chi connectivity index (χ2n) is 13.8. The van der Waals surface area contributed by atoms with Crippen LogP contribution in [0.1, 0.15) is 78.6 Å². The predicted molar refractivity (Wildman–Crippen MR) is 173 cm³/mol. The molecule has 10 heteroatoms. The molecule has 0 saturated carbocycles. The lowest BCUT2D eigenvalue weighted by Gasteiger charge is -2.46. The molecule has 4 aliphatic heterocycles. The minimum Gasteiger partial charge on any atom is -0.375 e.